The van der Waals surface area contributed by atoms with E-state index in [1.54, 1.807) is 0 Å². The summed E-state index contributed by atoms with van der Waals surface area (Å²) in [4.78, 5) is 30.3. The second kappa shape index (κ2) is 7.08. The van der Waals surface area contributed by atoms with Gasteiger partial charge in [-0.15, -0.1) is 0 Å². The molecule has 0 radical (unpaired) electrons. The molecule has 146 valence electrons. The lowest BCUT2D eigenvalue weighted by molar-refractivity contribution is 0.226. The number of rotatable bonds is 5. The van der Waals surface area contributed by atoms with Crippen LogP contribution in [0.3, 0.4) is 0 Å². The van der Waals surface area contributed by atoms with Crippen LogP contribution in [0.2, 0.25) is 0 Å². The largest absolute Gasteiger partial charge is 0.337 e. The first-order valence-electron chi connectivity index (χ1n) is 10.6. The van der Waals surface area contributed by atoms with E-state index in [0.29, 0.717) is 19.0 Å². The molecule has 0 saturated heterocycles. The van der Waals surface area contributed by atoms with Crippen molar-refractivity contribution in [1.82, 2.24) is 14.9 Å². The molecule has 2 aromatic rings. The molecular weight excluding hydrogens is 350 g/mol. The maximum Gasteiger partial charge on any atom is 0.331 e. The third-order valence-electron chi connectivity index (χ3n) is 6.10. The number of benzene rings is 1. The number of amidine groups is 1. The lowest BCUT2D eigenvalue weighted by Crippen LogP contribution is -2.50. The van der Waals surface area contributed by atoms with E-state index in [9.17, 15) is 4.79 Å². The molecular formula is C22H27N5O. The third kappa shape index (κ3) is 2.91. The lowest BCUT2D eigenvalue weighted by atomic mass is 10.1. The second-order valence-electron chi connectivity index (χ2n) is 8.14. The van der Waals surface area contributed by atoms with Crippen molar-refractivity contribution in [3.63, 3.8) is 0 Å². The first-order chi connectivity index (χ1) is 13.7. The fourth-order valence-electron chi connectivity index (χ4n) is 4.73. The van der Waals surface area contributed by atoms with Crippen LogP contribution in [-0.4, -0.2) is 45.9 Å². The Hall–Kier alpha value is -2.63. The van der Waals surface area contributed by atoms with Gasteiger partial charge in [0.05, 0.1) is 12.6 Å². The van der Waals surface area contributed by atoms with Gasteiger partial charge in [-0.2, -0.15) is 0 Å². The van der Waals surface area contributed by atoms with Gasteiger partial charge in [-0.3, -0.25) is 14.8 Å². The molecule has 1 saturated carbocycles. The van der Waals surface area contributed by atoms with Gasteiger partial charge >= 0.3 is 6.03 Å². The van der Waals surface area contributed by atoms with Gasteiger partial charge in [-0.25, -0.2) is 9.78 Å². The average Bonchev–Trinajstić information content (AvgIpc) is 3.44. The molecule has 5 rings (SSSR count). The highest BCUT2D eigenvalue weighted by Gasteiger charge is 2.42. The van der Waals surface area contributed by atoms with E-state index in [1.807, 2.05) is 15.9 Å². The van der Waals surface area contributed by atoms with Gasteiger partial charge in [0.1, 0.15) is 11.5 Å². The van der Waals surface area contributed by atoms with Gasteiger partial charge in [0.15, 0.2) is 11.7 Å². The number of hydrogen-bond acceptors (Lipinski definition) is 3. The smallest absolute Gasteiger partial charge is 0.331 e. The van der Waals surface area contributed by atoms with E-state index in [-0.39, 0.29) is 12.1 Å². The van der Waals surface area contributed by atoms with Gasteiger partial charge < -0.3 is 4.98 Å². The molecule has 2 amide bonds. The van der Waals surface area contributed by atoms with Crippen LogP contribution in [0.4, 0.5) is 10.6 Å². The van der Waals surface area contributed by atoms with E-state index < -0.39 is 0 Å². The molecule has 3 heterocycles. The zero-order valence-corrected chi connectivity index (χ0v) is 16.4. The van der Waals surface area contributed by atoms with Crippen molar-refractivity contribution in [2.24, 2.45) is 4.99 Å². The highest BCUT2D eigenvalue weighted by molar-refractivity contribution is 6.18. The van der Waals surface area contributed by atoms with E-state index in [0.717, 1.165) is 36.0 Å². The molecule has 0 bridgehead atoms. The lowest BCUT2D eigenvalue weighted by Gasteiger charge is -2.32. The molecule has 6 heteroatoms. The van der Waals surface area contributed by atoms with E-state index in [1.165, 1.54) is 31.2 Å². The van der Waals surface area contributed by atoms with Crippen molar-refractivity contribution in [2.45, 2.75) is 57.4 Å². The number of hydrogen-bond donors (Lipinski definition) is 1. The van der Waals surface area contributed by atoms with Crippen LogP contribution in [0.15, 0.2) is 35.3 Å². The summed E-state index contributed by atoms with van der Waals surface area (Å²) in [5, 5.41) is 0. The minimum absolute atomic E-state index is 0.0214. The summed E-state index contributed by atoms with van der Waals surface area (Å²) in [6.45, 7) is 3.43. The van der Waals surface area contributed by atoms with Crippen molar-refractivity contribution in [3.8, 4) is 0 Å². The molecule has 1 fully saturated rings. The van der Waals surface area contributed by atoms with E-state index in [4.69, 9.17) is 9.98 Å². The van der Waals surface area contributed by atoms with Gasteiger partial charge in [0.25, 0.3) is 0 Å². The van der Waals surface area contributed by atoms with Gasteiger partial charge in [0.2, 0.25) is 0 Å². The highest BCUT2D eigenvalue weighted by atomic mass is 16.2. The minimum Gasteiger partial charge on any atom is -0.337 e. The zero-order valence-electron chi connectivity index (χ0n) is 16.4. The Morgan fingerprint density at radius 1 is 1.18 bits per heavy atom. The number of fused-ring (bicyclic) bond motifs is 3. The van der Waals surface area contributed by atoms with Crippen LogP contribution < -0.4 is 4.90 Å². The standard InChI is InChI=1S/C22H27N5O/c1-2-12-26-21-18(24-19(25-21)16-10-6-7-11-16)20-23-17(14-27(20)22(26)28)13-15-8-4-3-5-9-15/h3-5,8-9,16-17H,2,6-7,10-14H2,1H3,(H,24,25). The van der Waals surface area contributed by atoms with Gasteiger partial charge in [0, 0.05) is 12.5 Å². The summed E-state index contributed by atoms with van der Waals surface area (Å²) in [5.74, 6) is 3.08. The maximum atomic E-state index is 13.2. The predicted octanol–water partition coefficient (Wildman–Crippen LogP) is 4.09. The average molecular weight is 377 g/mol. The number of imidazole rings is 1. The molecule has 1 atom stereocenters. The first kappa shape index (κ1) is 17.5. The third-order valence-corrected chi connectivity index (χ3v) is 6.10. The zero-order chi connectivity index (χ0) is 19.1. The number of nitrogens with one attached hydrogen (secondary N) is 1. The summed E-state index contributed by atoms with van der Waals surface area (Å²) in [7, 11) is 0. The molecule has 0 spiro atoms. The maximum absolute atomic E-state index is 13.2. The number of carbonyl (C=O) groups excluding carboxylic acids is 1. The number of anilines is 1. The van der Waals surface area contributed by atoms with Crippen molar-refractivity contribution >= 4 is 17.7 Å². The SMILES string of the molecule is CCCN1C(=O)N2CC(Cc3ccccc3)N=C2c2[nH]c(C3CCCC3)nc21. The van der Waals surface area contributed by atoms with Gasteiger partial charge in [-0.05, 0) is 31.2 Å². The number of H-pyrrole nitrogens is 1. The second-order valence-corrected chi connectivity index (χ2v) is 8.14. The fourth-order valence-corrected chi connectivity index (χ4v) is 4.73. The number of urea groups is 1. The molecule has 1 aromatic heterocycles. The summed E-state index contributed by atoms with van der Waals surface area (Å²) in [6, 6.07) is 10.5. The first-order valence-corrected chi connectivity index (χ1v) is 10.6. The molecule has 28 heavy (non-hydrogen) atoms. The number of aliphatic imine (C=N–C) groups is 1. The van der Waals surface area contributed by atoms with Crippen LogP contribution in [0.25, 0.3) is 0 Å². The van der Waals surface area contributed by atoms with E-state index >= 15 is 0 Å². The predicted molar refractivity (Wildman–Crippen MR) is 110 cm³/mol. The van der Waals surface area contributed by atoms with Crippen LogP contribution >= 0.6 is 0 Å². The molecule has 1 aliphatic carbocycles. The topological polar surface area (TPSA) is 64.6 Å². The number of amides is 2. The number of carbonyl (C=O) groups is 1. The van der Waals surface area contributed by atoms with Crippen LogP contribution in [-0.2, 0) is 6.42 Å². The molecule has 2 aliphatic heterocycles. The van der Waals surface area contributed by atoms with Crippen molar-refractivity contribution < 1.29 is 4.79 Å². The van der Waals surface area contributed by atoms with Crippen LogP contribution in [0, 0.1) is 0 Å². The Morgan fingerprint density at radius 3 is 2.71 bits per heavy atom. The Bertz CT molecular complexity index is 897. The normalized spacial score (nSPS) is 21.8. The minimum atomic E-state index is 0.0214. The fraction of sp³-hybridized carbons (Fsp3) is 0.500. The van der Waals surface area contributed by atoms with Crippen LogP contribution in [0.5, 0.6) is 0 Å². The van der Waals surface area contributed by atoms with Crippen molar-refractivity contribution in [2.75, 3.05) is 18.0 Å². The molecule has 3 aliphatic rings. The summed E-state index contributed by atoms with van der Waals surface area (Å²) < 4.78 is 0. The Labute approximate surface area is 165 Å². The quantitative estimate of drug-likeness (QED) is 0.853. The van der Waals surface area contributed by atoms with Crippen molar-refractivity contribution in [3.05, 3.63) is 47.4 Å². The summed E-state index contributed by atoms with van der Waals surface area (Å²) in [6.07, 6.45) is 6.65. The Balaban J connectivity index is 1.49. The Kier molecular flexibility index (Phi) is 4.41. The molecule has 1 N–H and O–H groups in total. The summed E-state index contributed by atoms with van der Waals surface area (Å²) >= 11 is 0. The molecule has 6 nitrogen and oxygen atoms in total. The Morgan fingerprint density at radius 2 is 1.96 bits per heavy atom. The number of aromatic nitrogens is 2. The van der Waals surface area contributed by atoms with E-state index in [2.05, 4.69) is 36.2 Å². The summed E-state index contributed by atoms with van der Waals surface area (Å²) in [5.41, 5.74) is 2.19. The number of nitrogens with zero attached hydrogens (tertiary/aromatic N) is 4. The van der Waals surface area contributed by atoms with Crippen molar-refractivity contribution in [1.29, 1.82) is 0 Å². The molecule has 1 aromatic carbocycles. The van der Waals surface area contributed by atoms with Gasteiger partial charge in [-0.1, -0.05) is 50.1 Å². The molecule has 1 unspecified atom stereocenters. The highest BCUT2D eigenvalue weighted by Crippen LogP contribution is 2.37. The monoisotopic (exact) mass is 377 g/mol. The van der Waals surface area contributed by atoms with Crippen LogP contribution in [0.1, 0.15) is 62.0 Å². The number of aromatic amines is 1.